The van der Waals surface area contributed by atoms with Crippen LogP contribution in [0.3, 0.4) is 0 Å². The van der Waals surface area contributed by atoms with Gasteiger partial charge < -0.3 is 10.2 Å². The molecule has 1 amide bonds. The van der Waals surface area contributed by atoms with Crippen LogP contribution in [-0.2, 0) is 14.8 Å². The summed E-state index contributed by atoms with van der Waals surface area (Å²) in [6.45, 7) is 12.5. The van der Waals surface area contributed by atoms with Gasteiger partial charge in [0.2, 0.25) is 15.9 Å². The Labute approximate surface area is 194 Å². The summed E-state index contributed by atoms with van der Waals surface area (Å²) in [5.41, 5.74) is 1.79. The van der Waals surface area contributed by atoms with Crippen LogP contribution in [0.15, 0.2) is 23.1 Å². The predicted octanol–water partition coefficient (Wildman–Crippen LogP) is 2.38. The number of benzene rings is 1. The van der Waals surface area contributed by atoms with Crippen molar-refractivity contribution in [2.45, 2.75) is 70.4 Å². The number of aryl methyl sites for hydroxylation is 2. The molecule has 0 bridgehead atoms. The van der Waals surface area contributed by atoms with E-state index < -0.39 is 10.0 Å². The van der Waals surface area contributed by atoms with Crippen LogP contribution in [0.2, 0.25) is 0 Å². The van der Waals surface area contributed by atoms with Gasteiger partial charge in [-0.15, -0.1) is 0 Å². The molecule has 2 aliphatic heterocycles. The molecule has 0 radical (unpaired) electrons. The predicted molar refractivity (Wildman–Crippen MR) is 128 cm³/mol. The van der Waals surface area contributed by atoms with Gasteiger partial charge in [0, 0.05) is 64.3 Å². The Bertz CT molecular complexity index is 873. The monoisotopic (exact) mass is 464 g/mol. The third-order valence-corrected chi connectivity index (χ3v) is 9.04. The zero-order valence-electron chi connectivity index (χ0n) is 20.1. The summed E-state index contributed by atoms with van der Waals surface area (Å²) in [7, 11) is -3.69. The zero-order chi connectivity index (χ0) is 23.3. The van der Waals surface area contributed by atoms with Crippen LogP contribution < -0.4 is 5.32 Å². The Morgan fingerprint density at radius 3 is 2.38 bits per heavy atom. The van der Waals surface area contributed by atoms with Crippen molar-refractivity contribution < 1.29 is 13.2 Å². The number of nitrogens with one attached hydrogen (secondary N) is 1. The highest BCUT2D eigenvalue weighted by Gasteiger charge is 2.30. The molecule has 1 N–H and O–H groups in total. The quantitative estimate of drug-likeness (QED) is 0.640. The van der Waals surface area contributed by atoms with Gasteiger partial charge in [0.05, 0.1) is 4.90 Å². The Kier molecular flexibility index (Phi) is 8.72. The third-order valence-electron chi connectivity index (χ3n) is 6.98. The molecule has 0 aliphatic carbocycles. The molecule has 2 heterocycles. The minimum atomic E-state index is -3.69. The van der Waals surface area contributed by atoms with Gasteiger partial charge in [0.15, 0.2) is 0 Å². The van der Waals surface area contributed by atoms with Crippen LogP contribution in [0.1, 0.15) is 50.7 Å². The largest absolute Gasteiger partial charge is 0.340 e. The third kappa shape index (κ3) is 6.10. The molecular weight excluding hydrogens is 424 g/mol. The van der Waals surface area contributed by atoms with E-state index in [1.807, 2.05) is 30.9 Å². The molecule has 0 aromatic heterocycles. The van der Waals surface area contributed by atoms with Gasteiger partial charge in [-0.25, -0.2) is 8.42 Å². The SMILES string of the molecule is Cc1ccc(S(=O)(=O)N(CCC(=O)N2CCNCC2)CCN2C(C)CCCC2C)c(C)c1. The van der Waals surface area contributed by atoms with Gasteiger partial charge >= 0.3 is 0 Å². The van der Waals surface area contributed by atoms with E-state index in [0.717, 1.165) is 37.1 Å². The molecule has 2 unspecified atom stereocenters. The van der Waals surface area contributed by atoms with Crippen molar-refractivity contribution in [3.8, 4) is 0 Å². The summed E-state index contributed by atoms with van der Waals surface area (Å²) in [5.74, 6) is 0.0343. The summed E-state index contributed by atoms with van der Waals surface area (Å²) in [6.07, 6.45) is 3.74. The molecule has 0 spiro atoms. The number of sulfonamides is 1. The number of nitrogens with zero attached hydrogens (tertiary/aromatic N) is 3. The first kappa shape index (κ1) is 25.1. The minimum Gasteiger partial charge on any atom is -0.340 e. The number of likely N-dealkylation sites (tertiary alicyclic amines) is 1. The first-order valence-corrected chi connectivity index (χ1v) is 13.5. The number of piperazine rings is 1. The van der Waals surface area contributed by atoms with E-state index in [4.69, 9.17) is 0 Å². The molecule has 2 saturated heterocycles. The average Bonchev–Trinajstić information content (AvgIpc) is 2.75. The number of carbonyl (C=O) groups is 1. The van der Waals surface area contributed by atoms with Crippen molar-refractivity contribution in [2.75, 3.05) is 45.8 Å². The smallest absolute Gasteiger partial charge is 0.243 e. The normalized spacial score (nSPS) is 23.0. The minimum absolute atomic E-state index is 0.0343. The lowest BCUT2D eigenvalue weighted by atomic mass is 9.98. The number of carbonyl (C=O) groups excluding carboxylic acids is 1. The number of piperidine rings is 1. The second kappa shape index (κ2) is 11.1. The highest BCUT2D eigenvalue weighted by atomic mass is 32.2. The number of rotatable bonds is 8. The van der Waals surface area contributed by atoms with Crippen LogP contribution in [0.5, 0.6) is 0 Å². The highest BCUT2D eigenvalue weighted by Crippen LogP contribution is 2.24. The molecule has 2 aliphatic rings. The first-order valence-electron chi connectivity index (χ1n) is 12.0. The van der Waals surface area contributed by atoms with E-state index in [2.05, 4.69) is 24.1 Å². The van der Waals surface area contributed by atoms with Crippen molar-refractivity contribution >= 4 is 15.9 Å². The van der Waals surface area contributed by atoms with Crippen molar-refractivity contribution in [2.24, 2.45) is 0 Å². The molecular formula is C24H40N4O3S. The van der Waals surface area contributed by atoms with Crippen LogP contribution in [0, 0.1) is 13.8 Å². The molecule has 1 aromatic carbocycles. The van der Waals surface area contributed by atoms with Gasteiger partial charge in [-0.3, -0.25) is 9.69 Å². The summed E-state index contributed by atoms with van der Waals surface area (Å²) >= 11 is 0. The fraction of sp³-hybridized carbons (Fsp3) is 0.708. The fourth-order valence-corrected chi connectivity index (χ4v) is 6.65. The van der Waals surface area contributed by atoms with E-state index in [1.165, 1.54) is 6.42 Å². The number of amides is 1. The molecule has 0 saturated carbocycles. The standard InChI is InChI=1S/C24H40N4O3S/c1-19-8-9-23(20(2)18-19)32(30,31)27(13-10-24(29)26-14-11-25-12-15-26)16-17-28-21(3)6-5-7-22(28)4/h8-9,18,21-22,25H,5-7,10-17H2,1-4H3. The van der Waals surface area contributed by atoms with Crippen molar-refractivity contribution in [3.63, 3.8) is 0 Å². The molecule has 7 nitrogen and oxygen atoms in total. The summed E-state index contributed by atoms with van der Waals surface area (Å²) in [5, 5.41) is 3.25. The first-order chi connectivity index (χ1) is 15.2. The fourth-order valence-electron chi connectivity index (χ4n) is 5.02. The number of hydrogen-bond donors (Lipinski definition) is 1. The van der Waals surface area contributed by atoms with Crippen LogP contribution in [-0.4, -0.2) is 86.3 Å². The van der Waals surface area contributed by atoms with Crippen LogP contribution in [0.25, 0.3) is 0 Å². The van der Waals surface area contributed by atoms with E-state index in [-0.39, 0.29) is 18.9 Å². The molecule has 180 valence electrons. The van der Waals surface area contributed by atoms with E-state index >= 15 is 0 Å². The Morgan fingerprint density at radius 1 is 1.09 bits per heavy atom. The maximum atomic E-state index is 13.7. The van der Waals surface area contributed by atoms with E-state index in [0.29, 0.717) is 43.2 Å². The Balaban J connectivity index is 1.77. The van der Waals surface area contributed by atoms with Gasteiger partial charge in [0.25, 0.3) is 0 Å². The molecule has 8 heteroatoms. The van der Waals surface area contributed by atoms with Crippen molar-refractivity contribution in [1.29, 1.82) is 0 Å². The van der Waals surface area contributed by atoms with Gasteiger partial charge in [-0.2, -0.15) is 4.31 Å². The zero-order valence-corrected chi connectivity index (χ0v) is 21.0. The van der Waals surface area contributed by atoms with Crippen molar-refractivity contribution in [1.82, 2.24) is 19.4 Å². The summed E-state index contributed by atoms with van der Waals surface area (Å²) < 4.78 is 28.9. The summed E-state index contributed by atoms with van der Waals surface area (Å²) in [4.78, 5) is 17.4. The lowest BCUT2D eigenvalue weighted by Gasteiger charge is -2.40. The average molecular weight is 465 g/mol. The van der Waals surface area contributed by atoms with Crippen LogP contribution in [0.4, 0.5) is 0 Å². The molecule has 3 rings (SSSR count). The summed E-state index contributed by atoms with van der Waals surface area (Å²) in [6, 6.07) is 6.36. The van der Waals surface area contributed by atoms with E-state index in [1.54, 1.807) is 10.4 Å². The Morgan fingerprint density at radius 2 is 1.75 bits per heavy atom. The van der Waals surface area contributed by atoms with Gasteiger partial charge in [0.1, 0.15) is 0 Å². The van der Waals surface area contributed by atoms with E-state index in [9.17, 15) is 13.2 Å². The molecule has 2 atom stereocenters. The maximum Gasteiger partial charge on any atom is 0.243 e. The Hall–Kier alpha value is -1.48. The second-order valence-corrected chi connectivity index (χ2v) is 11.3. The number of hydrogen-bond acceptors (Lipinski definition) is 5. The van der Waals surface area contributed by atoms with Gasteiger partial charge in [-0.1, -0.05) is 24.1 Å². The molecule has 32 heavy (non-hydrogen) atoms. The van der Waals surface area contributed by atoms with Crippen LogP contribution >= 0.6 is 0 Å². The second-order valence-electron chi connectivity index (χ2n) is 9.42. The topological polar surface area (TPSA) is 73.0 Å². The molecule has 1 aromatic rings. The van der Waals surface area contributed by atoms with Crippen molar-refractivity contribution in [3.05, 3.63) is 29.3 Å². The lowest BCUT2D eigenvalue weighted by molar-refractivity contribution is -0.131. The lowest BCUT2D eigenvalue weighted by Crippen LogP contribution is -2.49. The molecule has 2 fully saturated rings. The highest BCUT2D eigenvalue weighted by molar-refractivity contribution is 7.89. The van der Waals surface area contributed by atoms with Gasteiger partial charge in [-0.05, 0) is 52.2 Å². The maximum absolute atomic E-state index is 13.7.